The van der Waals surface area contributed by atoms with Gasteiger partial charge in [-0.05, 0) is 43.4 Å². The predicted octanol–water partition coefficient (Wildman–Crippen LogP) is 2.89. The number of fused-ring (bicyclic) bond motifs is 1. The van der Waals surface area contributed by atoms with Crippen LogP contribution in [0.4, 0.5) is 13.2 Å². The number of phenols is 1. The molecule has 0 radical (unpaired) electrons. The van der Waals surface area contributed by atoms with Gasteiger partial charge in [0.2, 0.25) is 0 Å². The van der Waals surface area contributed by atoms with E-state index in [4.69, 9.17) is 0 Å². The average Bonchev–Trinajstić information content (AvgIpc) is 2.80. The van der Waals surface area contributed by atoms with Gasteiger partial charge in [0, 0.05) is 11.3 Å². The summed E-state index contributed by atoms with van der Waals surface area (Å²) in [7, 11) is 0. The van der Waals surface area contributed by atoms with Gasteiger partial charge >= 0.3 is 6.18 Å². The number of benzene rings is 1. The van der Waals surface area contributed by atoms with E-state index in [-0.39, 0.29) is 34.4 Å². The van der Waals surface area contributed by atoms with Gasteiger partial charge in [-0.3, -0.25) is 4.79 Å². The van der Waals surface area contributed by atoms with E-state index in [0.717, 1.165) is 6.07 Å². The van der Waals surface area contributed by atoms with Gasteiger partial charge in [-0.2, -0.15) is 23.3 Å². The first-order chi connectivity index (χ1) is 11.1. The number of carbonyl (C=O) groups excluding carboxylic acids is 1. The lowest BCUT2D eigenvalue weighted by atomic mass is 9.76. The fourth-order valence-electron chi connectivity index (χ4n) is 3.37. The molecule has 1 aromatic rings. The van der Waals surface area contributed by atoms with E-state index >= 15 is 0 Å². The van der Waals surface area contributed by atoms with Crippen molar-refractivity contribution in [2.24, 2.45) is 16.9 Å². The highest BCUT2D eigenvalue weighted by Crippen LogP contribution is 2.49. The minimum atomic E-state index is -5.05. The molecular formula is C16H17F3N2O3. The van der Waals surface area contributed by atoms with E-state index in [9.17, 15) is 28.2 Å². The molecule has 0 aromatic heterocycles. The summed E-state index contributed by atoms with van der Waals surface area (Å²) in [6, 6.07) is 4.95. The minimum absolute atomic E-state index is 0.00125. The predicted molar refractivity (Wildman–Crippen MR) is 79.2 cm³/mol. The summed E-state index contributed by atoms with van der Waals surface area (Å²) in [5.74, 6) is -2.62. The van der Waals surface area contributed by atoms with E-state index in [1.165, 1.54) is 18.2 Å². The van der Waals surface area contributed by atoms with Crippen LogP contribution < -0.4 is 0 Å². The van der Waals surface area contributed by atoms with Gasteiger partial charge in [-0.1, -0.05) is 13.0 Å². The number of hydrazone groups is 1. The van der Waals surface area contributed by atoms with Crippen molar-refractivity contribution < 1.29 is 28.2 Å². The molecule has 8 heteroatoms. The van der Waals surface area contributed by atoms with Crippen molar-refractivity contribution in [2.45, 2.75) is 38.1 Å². The van der Waals surface area contributed by atoms with Crippen LogP contribution in [-0.4, -0.2) is 38.7 Å². The third-order valence-electron chi connectivity index (χ3n) is 4.67. The second kappa shape index (κ2) is 5.47. The molecule has 1 aliphatic heterocycles. The highest BCUT2D eigenvalue weighted by Gasteiger charge is 2.68. The highest BCUT2D eigenvalue weighted by atomic mass is 19.4. The third kappa shape index (κ3) is 2.45. The Kier molecular flexibility index (Phi) is 3.82. The number of nitrogens with zero attached hydrogens (tertiary/aromatic N) is 2. The number of aliphatic hydroxyl groups is 1. The van der Waals surface area contributed by atoms with E-state index < -0.39 is 23.7 Å². The van der Waals surface area contributed by atoms with Crippen LogP contribution >= 0.6 is 0 Å². The van der Waals surface area contributed by atoms with Crippen LogP contribution in [0.5, 0.6) is 5.75 Å². The molecular weight excluding hydrogens is 325 g/mol. The Morgan fingerprint density at radius 1 is 1.42 bits per heavy atom. The van der Waals surface area contributed by atoms with Gasteiger partial charge in [0.1, 0.15) is 5.75 Å². The van der Waals surface area contributed by atoms with Gasteiger partial charge < -0.3 is 10.2 Å². The Labute approximate surface area is 136 Å². The maximum absolute atomic E-state index is 13.7. The SMILES string of the molecule is C[C@@H]1CCC2=NN(C(=O)c3cccc(O)c3)[C@@](O)(C(F)(F)F)[C@H]2C1. The molecule has 0 saturated heterocycles. The normalized spacial score (nSPS) is 30.0. The van der Waals surface area contributed by atoms with Crippen LogP contribution in [0.15, 0.2) is 29.4 Å². The number of hydrogen-bond donors (Lipinski definition) is 2. The minimum Gasteiger partial charge on any atom is -0.508 e. The highest BCUT2D eigenvalue weighted by molar-refractivity contribution is 5.99. The lowest BCUT2D eigenvalue weighted by Gasteiger charge is -2.39. The Bertz CT molecular complexity index is 704. The molecule has 0 unspecified atom stereocenters. The zero-order valence-corrected chi connectivity index (χ0v) is 12.9. The molecule has 1 aromatic carbocycles. The molecule has 5 nitrogen and oxygen atoms in total. The number of rotatable bonds is 1. The van der Waals surface area contributed by atoms with Gasteiger partial charge in [-0.25, -0.2) is 0 Å². The van der Waals surface area contributed by atoms with Crippen molar-refractivity contribution in [1.82, 2.24) is 5.01 Å². The molecule has 0 bridgehead atoms. The molecule has 3 atom stereocenters. The molecule has 1 saturated carbocycles. The monoisotopic (exact) mass is 342 g/mol. The summed E-state index contributed by atoms with van der Waals surface area (Å²) in [6.45, 7) is 1.81. The Morgan fingerprint density at radius 3 is 2.75 bits per heavy atom. The van der Waals surface area contributed by atoms with Crippen LogP contribution in [0, 0.1) is 11.8 Å². The lowest BCUT2D eigenvalue weighted by Crippen LogP contribution is -2.61. The lowest BCUT2D eigenvalue weighted by molar-refractivity contribution is -0.313. The first kappa shape index (κ1) is 16.8. The second-order valence-electron chi connectivity index (χ2n) is 6.41. The third-order valence-corrected chi connectivity index (χ3v) is 4.67. The zero-order valence-electron chi connectivity index (χ0n) is 12.9. The molecule has 0 spiro atoms. The molecule has 1 heterocycles. The molecule has 1 amide bonds. The van der Waals surface area contributed by atoms with Crippen molar-refractivity contribution in [3.8, 4) is 5.75 Å². The molecule has 24 heavy (non-hydrogen) atoms. The Morgan fingerprint density at radius 2 is 2.12 bits per heavy atom. The number of amides is 1. The summed E-state index contributed by atoms with van der Waals surface area (Å²) in [4.78, 5) is 12.5. The van der Waals surface area contributed by atoms with E-state index in [2.05, 4.69) is 5.10 Å². The zero-order chi connectivity index (χ0) is 17.7. The van der Waals surface area contributed by atoms with Crippen LogP contribution in [0.2, 0.25) is 0 Å². The maximum atomic E-state index is 13.7. The standard InChI is InChI=1S/C16H17F3N2O3/c1-9-5-6-13-12(7-9)15(24,16(17,18)19)21(20-13)14(23)10-3-2-4-11(22)8-10/h2-4,8-9,12,22,24H,5-7H2,1H3/t9-,12+,15+/m1/s1. The molecule has 1 aliphatic carbocycles. The fourth-order valence-corrected chi connectivity index (χ4v) is 3.37. The second-order valence-corrected chi connectivity index (χ2v) is 6.41. The maximum Gasteiger partial charge on any atom is 0.439 e. The van der Waals surface area contributed by atoms with E-state index in [1.54, 1.807) is 0 Å². The van der Waals surface area contributed by atoms with Gasteiger partial charge in [0.15, 0.2) is 0 Å². The van der Waals surface area contributed by atoms with Crippen LogP contribution in [0.3, 0.4) is 0 Å². The number of alkyl halides is 3. The molecule has 1 fully saturated rings. The smallest absolute Gasteiger partial charge is 0.439 e. The first-order valence-electron chi connectivity index (χ1n) is 7.64. The number of hydrogen-bond acceptors (Lipinski definition) is 4. The molecule has 130 valence electrons. The number of halogens is 3. The number of carbonyl (C=O) groups is 1. The summed E-state index contributed by atoms with van der Waals surface area (Å²) in [6.07, 6.45) is -3.96. The largest absolute Gasteiger partial charge is 0.508 e. The van der Waals surface area contributed by atoms with Crippen molar-refractivity contribution >= 4 is 11.6 Å². The first-order valence-corrected chi connectivity index (χ1v) is 7.64. The van der Waals surface area contributed by atoms with Crippen LogP contribution in [0.25, 0.3) is 0 Å². The molecule has 3 rings (SSSR count). The van der Waals surface area contributed by atoms with Gasteiger partial charge in [-0.15, -0.1) is 0 Å². The Hall–Kier alpha value is -2.09. The summed E-state index contributed by atoms with van der Waals surface area (Å²) in [5.41, 5.74) is -3.34. The fraction of sp³-hybridized carbons (Fsp3) is 0.500. The Balaban J connectivity index is 2.05. The average molecular weight is 342 g/mol. The van der Waals surface area contributed by atoms with Crippen molar-refractivity contribution in [1.29, 1.82) is 0 Å². The summed E-state index contributed by atoms with van der Waals surface area (Å²) >= 11 is 0. The number of phenolic OH excluding ortho intramolecular Hbond substituents is 1. The van der Waals surface area contributed by atoms with Gasteiger partial charge in [0.25, 0.3) is 11.6 Å². The quantitative estimate of drug-likeness (QED) is 0.824. The van der Waals surface area contributed by atoms with Crippen LogP contribution in [-0.2, 0) is 0 Å². The van der Waals surface area contributed by atoms with Gasteiger partial charge in [0.05, 0.1) is 5.92 Å². The number of aromatic hydroxyl groups is 1. The van der Waals surface area contributed by atoms with E-state index in [0.29, 0.717) is 12.8 Å². The van der Waals surface area contributed by atoms with Crippen LogP contribution in [0.1, 0.15) is 36.5 Å². The van der Waals surface area contributed by atoms with Crippen molar-refractivity contribution in [3.63, 3.8) is 0 Å². The topological polar surface area (TPSA) is 73.1 Å². The summed E-state index contributed by atoms with van der Waals surface area (Å²) in [5, 5.41) is 23.9. The van der Waals surface area contributed by atoms with E-state index in [1.807, 2.05) is 6.92 Å². The van der Waals surface area contributed by atoms with Crippen molar-refractivity contribution in [2.75, 3.05) is 0 Å². The molecule has 2 N–H and O–H groups in total. The van der Waals surface area contributed by atoms with Crippen molar-refractivity contribution in [3.05, 3.63) is 29.8 Å². The molecule has 2 aliphatic rings. The summed E-state index contributed by atoms with van der Waals surface area (Å²) < 4.78 is 41.0.